The van der Waals surface area contributed by atoms with Crippen molar-refractivity contribution in [3.05, 3.63) is 70.8 Å². The lowest BCUT2D eigenvalue weighted by Gasteiger charge is -2.24. The van der Waals surface area contributed by atoms with Crippen molar-refractivity contribution in [3.63, 3.8) is 0 Å². The molecule has 7 nitrogen and oxygen atoms in total. The van der Waals surface area contributed by atoms with Gasteiger partial charge < -0.3 is 14.4 Å². The fraction of sp³-hybridized carbons (Fsp3) is 0.355. The van der Waals surface area contributed by atoms with E-state index < -0.39 is 5.41 Å². The molecular weight excluding hydrogens is 514 g/mol. The van der Waals surface area contributed by atoms with Crippen LogP contribution in [0.4, 0.5) is 11.4 Å². The molecule has 0 unspecified atom stereocenters. The van der Waals surface area contributed by atoms with Crippen LogP contribution >= 0.6 is 11.6 Å². The summed E-state index contributed by atoms with van der Waals surface area (Å²) in [6, 6.07) is 17.2. The smallest absolute Gasteiger partial charge is 0.201 e. The molecule has 0 saturated heterocycles. The average Bonchev–Trinajstić information content (AvgIpc) is 2.92. The van der Waals surface area contributed by atoms with E-state index in [1.165, 1.54) is 0 Å². The van der Waals surface area contributed by atoms with Gasteiger partial charge >= 0.3 is 0 Å². The largest absolute Gasteiger partial charge is 0.497 e. The molecule has 0 bridgehead atoms. The Morgan fingerprint density at radius 1 is 1.05 bits per heavy atom. The standard InChI is InChI=1S/C31H34ClN3O4/c1-21-27(19-22(30(37)29(21)32)20-28(36)31(2,3)4)34-23-7-9-24(10-8-23)35(16-6-15-33)17-18-39-26-13-11-25(38-5)12-14-26/h7-14,19H,6,16-18,20H2,1-5H3. The Morgan fingerprint density at radius 2 is 1.69 bits per heavy atom. The van der Waals surface area contributed by atoms with Crippen LogP contribution in [0.2, 0.25) is 0 Å². The van der Waals surface area contributed by atoms with Gasteiger partial charge in [0.2, 0.25) is 5.78 Å². The minimum atomic E-state index is -0.561. The van der Waals surface area contributed by atoms with E-state index >= 15 is 0 Å². The normalized spacial score (nSPS) is 14.6. The van der Waals surface area contributed by atoms with Crippen molar-refractivity contribution in [3.8, 4) is 17.6 Å². The quantitative estimate of drug-likeness (QED) is 0.294. The Kier molecular flexibility index (Phi) is 10.1. The molecule has 0 radical (unpaired) electrons. The first kappa shape index (κ1) is 29.7. The summed E-state index contributed by atoms with van der Waals surface area (Å²) >= 11 is 6.34. The van der Waals surface area contributed by atoms with Gasteiger partial charge in [-0.3, -0.25) is 9.59 Å². The third-order valence-electron chi connectivity index (χ3n) is 6.35. The number of anilines is 1. The van der Waals surface area contributed by atoms with E-state index in [-0.39, 0.29) is 23.0 Å². The van der Waals surface area contributed by atoms with Crippen molar-refractivity contribution in [2.75, 3.05) is 31.7 Å². The van der Waals surface area contributed by atoms with Crippen LogP contribution in [-0.4, -0.2) is 44.1 Å². The minimum absolute atomic E-state index is 0.0102. The van der Waals surface area contributed by atoms with Crippen molar-refractivity contribution in [2.24, 2.45) is 10.4 Å². The number of carbonyl (C=O) groups is 2. The molecule has 0 heterocycles. The molecule has 0 aromatic heterocycles. The molecule has 39 heavy (non-hydrogen) atoms. The molecule has 8 heteroatoms. The molecule has 0 N–H and O–H groups in total. The van der Waals surface area contributed by atoms with Crippen LogP contribution < -0.4 is 14.4 Å². The SMILES string of the molecule is COc1ccc(OCCN(CCC#N)c2ccc(N=C3C=C(CC(=O)C(C)(C)C)C(=O)C(Cl)=C3C)cc2)cc1. The highest BCUT2D eigenvalue weighted by Gasteiger charge is 2.29. The summed E-state index contributed by atoms with van der Waals surface area (Å²) in [5.41, 5.74) is 2.53. The zero-order valence-electron chi connectivity index (χ0n) is 23.1. The van der Waals surface area contributed by atoms with Gasteiger partial charge in [-0.05, 0) is 67.1 Å². The Bertz CT molecular complexity index is 1330. The lowest BCUT2D eigenvalue weighted by atomic mass is 9.84. The zero-order chi connectivity index (χ0) is 28.6. The second-order valence-corrected chi connectivity index (χ2v) is 10.6. The molecule has 3 rings (SSSR count). The number of hydrogen-bond donors (Lipinski definition) is 0. The van der Waals surface area contributed by atoms with Gasteiger partial charge in [0.1, 0.15) is 23.9 Å². The first-order chi connectivity index (χ1) is 18.5. The third-order valence-corrected chi connectivity index (χ3v) is 6.81. The van der Waals surface area contributed by atoms with Crippen molar-refractivity contribution < 1.29 is 19.1 Å². The summed E-state index contributed by atoms with van der Waals surface area (Å²) in [5.74, 6) is 1.14. The number of nitriles is 1. The number of ether oxygens (including phenoxy) is 2. The monoisotopic (exact) mass is 547 g/mol. The molecule has 0 atom stereocenters. The number of benzene rings is 2. The van der Waals surface area contributed by atoms with Crippen molar-refractivity contribution in [1.29, 1.82) is 5.26 Å². The maximum atomic E-state index is 12.7. The van der Waals surface area contributed by atoms with E-state index in [0.717, 1.165) is 17.2 Å². The van der Waals surface area contributed by atoms with Crippen molar-refractivity contribution >= 4 is 40.3 Å². The van der Waals surface area contributed by atoms with Crippen LogP contribution in [-0.2, 0) is 9.59 Å². The van der Waals surface area contributed by atoms with E-state index in [9.17, 15) is 9.59 Å². The van der Waals surface area contributed by atoms with E-state index in [4.69, 9.17) is 31.3 Å². The van der Waals surface area contributed by atoms with Crippen LogP contribution in [0.25, 0.3) is 0 Å². The first-order valence-electron chi connectivity index (χ1n) is 12.8. The van der Waals surface area contributed by atoms with Gasteiger partial charge in [0.15, 0.2) is 0 Å². The summed E-state index contributed by atoms with van der Waals surface area (Å²) < 4.78 is 11.0. The highest BCUT2D eigenvalue weighted by Crippen LogP contribution is 2.30. The van der Waals surface area contributed by atoms with E-state index in [1.54, 1.807) is 20.1 Å². The molecule has 2 aromatic rings. The van der Waals surface area contributed by atoms with Crippen LogP contribution in [0.3, 0.4) is 0 Å². The maximum Gasteiger partial charge on any atom is 0.201 e. The van der Waals surface area contributed by atoms with Gasteiger partial charge in [0.05, 0.1) is 42.6 Å². The number of ketones is 2. The van der Waals surface area contributed by atoms with Crippen molar-refractivity contribution in [2.45, 2.75) is 40.5 Å². The lowest BCUT2D eigenvalue weighted by Crippen LogP contribution is -2.29. The van der Waals surface area contributed by atoms with Crippen LogP contribution in [0, 0.1) is 16.7 Å². The summed E-state index contributed by atoms with van der Waals surface area (Å²) in [7, 11) is 1.62. The summed E-state index contributed by atoms with van der Waals surface area (Å²) in [6.45, 7) is 8.82. The Balaban J connectivity index is 1.75. The molecule has 0 aliphatic heterocycles. The second kappa shape index (κ2) is 13.3. The van der Waals surface area contributed by atoms with Gasteiger partial charge in [0.25, 0.3) is 0 Å². The molecule has 0 saturated carbocycles. The molecule has 0 spiro atoms. The second-order valence-electron chi connectivity index (χ2n) is 10.2. The summed E-state index contributed by atoms with van der Waals surface area (Å²) in [6.07, 6.45) is 2.05. The number of carbonyl (C=O) groups excluding carboxylic acids is 2. The lowest BCUT2D eigenvalue weighted by molar-refractivity contribution is -0.126. The molecule has 0 fully saturated rings. The minimum Gasteiger partial charge on any atom is -0.497 e. The van der Waals surface area contributed by atoms with Crippen molar-refractivity contribution in [1.82, 2.24) is 0 Å². The van der Waals surface area contributed by atoms with Gasteiger partial charge in [-0.1, -0.05) is 32.4 Å². The van der Waals surface area contributed by atoms with E-state index in [0.29, 0.717) is 48.7 Å². The van der Waals surface area contributed by atoms with Gasteiger partial charge in [-0.2, -0.15) is 5.26 Å². The number of hydrogen-bond acceptors (Lipinski definition) is 7. The number of aliphatic imine (C=N–C) groups is 1. The van der Waals surface area contributed by atoms with Gasteiger partial charge in [-0.25, -0.2) is 4.99 Å². The topological polar surface area (TPSA) is 92.0 Å². The predicted octanol–water partition coefficient (Wildman–Crippen LogP) is 6.59. The average molecular weight is 548 g/mol. The summed E-state index contributed by atoms with van der Waals surface area (Å²) in [4.78, 5) is 32.1. The Hall–Kier alpha value is -3.89. The van der Waals surface area contributed by atoms with Crippen LogP contribution in [0.1, 0.15) is 40.5 Å². The van der Waals surface area contributed by atoms with Gasteiger partial charge in [0, 0.05) is 29.6 Å². The van der Waals surface area contributed by atoms with Gasteiger partial charge in [-0.15, -0.1) is 0 Å². The molecule has 204 valence electrons. The predicted molar refractivity (Wildman–Crippen MR) is 155 cm³/mol. The van der Waals surface area contributed by atoms with Crippen LogP contribution in [0.5, 0.6) is 11.5 Å². The maximum absolute atomic E-state index is 12.7. The Labute approximate surface area is 235 Å². The fourth-order valence-electron chi connectivity index (χ4n) is 3.83. The Morgan fingerprint density at radius 3 is 2.28 bits per heavy atom. The number of halogens is 1. The van der Waals surface area contributed by atoms with Crippen LogP contribution in [0.15, 0.2) is 75.8 Å². The molecular formula is C31H34ClN3O4. The number of allylic oxidation sites excluding steroid dienone is 4. The molecule has 0 amide bonds. The number of methoxy groups -OCH3 is 1. The number of rotatable bonds is 11. The first-order valence-corrected chi connectivity index (χ1v) is 13.1. The third kappa shape index (κ3) is 8.05. The number of Topliss-reactive ketones (excluding diaryl/α,β-unsaturated/α-hetero) is 2. The highest BCUT2D eigenvalue weighted by atomic mass is 35.5. The highest BCUT2D eigenvalue weighted by molar-refractivity contribution is 6.49. The molecule has 1 aliphatic rings. The molecule has 1 aliphatic carbocycles. The zero-order valence-corrected chi connectivity index (χ0v) is 23.8. The molecule has 2 aromatic carbocycles. The number of nitrogens with zero attached hydrogens (tertiary/aromatic N) is 3. The summed E-state index contributed by atoms with van der Waals surface area (Å²) in [5, 5.41) is 9.21. The van der Waals surface area contributed by atoms with E-state index in [1.807, 2.05) is 69.3 Å². The fourth-order valence-corrected chi connectivity index (χ4v) is 4.04. The van der Waals surface area contributed by atoms with E-state index in [2.05, 4.69) is 11.0 Å².